The van der Waals surface area contributed by atoms with Crippen molar-refractivity contribution in [3.63, 3.8) is 0 Å². The van der Waals surface area contributed by atoms with Crippen LogP contribution in [0.1, 0.15) is 12.5 Å². The molecule has 2 heterocycles. The number of benzene rings is 1. The maximum atomic E-state index is 8.95. The molecule has 0 aliphatic carbocycles. The average Bonchev–Trinajstić information content (AvgIpc) is 3.00. The van der Waals surface area contributed by atoms with E-state index < -0.39 is 5.60 Å². The number of rotatable bonds is 0. The Kier molecular flexibility index (Phi) is 1.60. The normalized spacial score (nSPS) is 36.5. The molecule has 0 N–H and O–H groups in total. The molecule has 0 amide bonds. The van der Waals surface area contributed by atoms with Crippen molar-refractivity contribution < 1.29 is 9.47 Å². The smallest absolute Gasteiger partial charge is 0.178 e. The van der Waals surface area contributed by atoms with Gasteiger partial charge in [0.1, 0.15) is 11.4 Å². The number of hydrogen-bond acceptors (Lipinski definition) is 3. The average molecular weight is 201 g/mol. The maximum Gasteiger partial charge on any atom is 0.178 e. The first kappa shape index (κ1) is 8.75. The van der Waals surface area contributed by atoms with Gasteiger partial charge in [0.25, 0.3) is 0 Å². The second kappa shape index (κ2) is 2.74. The van der Waals surface area contributed by atoms with Crippen LogP contribution < -0.4 is 4.74 Å². The van der Waals surface area contributed by atoms with Gasteiger partial charge in [0.15, 0.2) is 6.10 Å². The van der Waals surface area contributed by atoms with Gasteiger partial charge in [-0.1, -0.05) is 25.1 Å². The van der Waals surface area contributed by atoms with E-state index in [0.29, 0.717) is 6.61 Å². The van der Waals surface area contributed by atoms with E-state index in [9.17, 15) is 0 Å². The molecule has 0 saturated carbocycles. The first-order valence-electron chi connectivity index (χ1n) is 5.09. The number of nitrogens with zero attached hydrogens (tertiary/aromatic N) is 1. The van der Waals surface area contributed by atoms with E-state index in [1.54, 1.807) is 0 Å². The van der Waals surface area contributed by atoms with Crippen LogP contribution in [0, 0.1) is 17.2 Å². The van der Waals surface area contributed by atoms with E-state index in [1.807, 2.05) is 24.3 Å². The minimum Gasteiger partial charge on any atom is -0.493 e. The van der Waals surface area contributed by atoms with Gasteiger partial charge >= 0.3 is 0 Å². The molecule has 1 saturated heterocycles. The van der Waals surface area contributed by atoms with Crippen molar-refractivity contribution in [3.05, 3.63) is 29.8 Å². The molecular formula is C12H11NO2. The molecule has 15 heavy (non-hydrogen) atoms. The van der Waals surface area contributed by atoms with Crippen molar-refractivity contribution in [2.75, 3.05) is 6.61 Å². The molecule has 3 rings (SSSR count). The van der Waals surface area contributed by atoms with Gasteiger partial charge in [-0.25, -0.2) is 0 Å². The van der Waals surface area contributed by atoms with E-state index in [1.165, 1.54) is 0 Å². The lowest BCUT2D eigenvalue weighted by molar-refractivity contribution is 0.128. The molecule has 3 unspecified atom stereocenters. The quantitative estimate of drug-likeness (QED) is 0.601. The largest absolute Gasteiger partial charge is 0.493 e. The van der Waals surface area contributed by atoms with Crippen LogP contribution in [0.15, 0.2) is 24.3 Å². The Balaban J connectivity index is 2.13. The van der Waals surface area contributed by atoms with E-state index in [4.69, 9.17) is 14.7 Å². The Morgan fingerprint density at radius 2 is 2.27 bits per heavy atom. The summed E-state index contributed by atoms with van der Waals surface area (Å²) in [6.45, 7) is 2.68. The van der Waals surface area contributed by atoms with Crippen molar-refractivity contribution >= 4 is 0 Å². The summed E-state index contributed by atoms with van der Waals surface area (Å²) < 4.78 is 11.2. The molecular weight excluding hydrogens is 190 g/mol. The molecule has 1 spiro atoms. The molecule has 1 aromatic rings. The van der Waals surface area contributed by atoms with Crippen molar-refractivity contribution in [1.29, 1.82) is 5.26 Å². The molecule has 0 aromatic heterocycles. The van der Waals surface area contributed by atoms with Crippen LogP contribution in [-0.2, 0) is 10.3 Å². The first-order chi connectivity index (χ1) is 7.29. The number of fused-ring (bicyclic) bond motifs is 2. The summed E-state index contributed by atoms with van der Waals surface area (Å²) in [5.74, 6) is 1.09. The lowest BCUT2D eigenvalue weighted by Gasteiger charge is -2.28. The monoisotopic (exact) mass is 201 g/mol. The van der Waals surface area contributed by atoms with Gasteiger partial charge in [-0.3, -0.25) is 0 Å². The molecule has 3 nitrogen and oxygen atoms in total. The van der Waals surface area contributed by atoms with Crippen LogP contribution in [-0.4, -0.2) is 12.7 Å². The van der Waals surface area contributed by atoms with Crippen molar-refractivity contribution in [1.82, 2.24) is 0 Å². The summed E-state index contributed by atoms with van der Waals surface area (Å²) in [5, 5.41) is 8.95. The number of nitriles is 1. The molecule has 0 radical (unpaired) electrons. The number of para-hydroxylation sites is 1. The third-order valence-electron chi connectivity index (χ3n) is 3.29. The van der Waals surface area contributed by atoms with Crippen LogP contribution in [0.25, 0.3) is 0 Å². The van der Waals surface area contributed by atoms with Crippen LogP contribution in [0.2, 0.25) is 0 Å². The topological polar surface area (TPSA) is 45.5 Å². The van der Waals surface area contributed by atoms with E-state index in [0.717, 1.165) is 11.3 Å². The molecule has 0 bridgehead atoms. The molecule has 2 aliphatic rings. The van der Waals surface area contributed by atoms with Gasteiger partial charge in [0.2, 0.25) is 0 Å². The molecule has 1 aromatic carbocycles. The third-order valence-corrected chi connectivity index (χ3v) is 3.29. The zero-order valence-electron chi connectivity index (χ0n) is 8.43. The molecule has 2 aliphatic heterocycles. The van der Waals surface area contributed by atoms with E-state index in [-0.39, 0.29) is 12.0 Å². The summed E-state index contributed by atoms with van der Waals surface area (Å²) in [6.07, 6.45) is -0.308. The predicted octanol–water partition coefficient (Wildman–Crippen LogP) is 1.83. The Morgan fingerprint density at radius 3 is 3.00 bits per heavy atom. The molecule has 76 valence electrons. The highest BCUT2D eigenvalue weighted by atomic mass is 16.6. The fourth-order valence-electron chi connectivity index (χ4n) is 2.38. The SMILES string of the molecule is CC1COc2ccccc2C12OC2C#N. The van der Waals surface area contributed by atoms with E-state index in [2.05, 4.69) is 13.0 Å². The number of hydrogen-bond donors (Lipinski definition) is 0. The Hall–Kier alpha value is -1.53. The van der Waals surface area contributed by atoms with Crippen LogP contribution in [0.5, 0.6) is 5.75 Å². The second-order valence-corrected chi connectivity index (χ2v) is 4.13. The minimum atomic E-state index is -0.399. The highest BCUT2D eigenvalue weighted by Gasteiger charge is 2.64. The maximum absolute atomic E-state index is 8.95. The summed E-state index contributed by atoms with van der Waals surface area (Å²) in [6, 6.07) is 10.0. The van der Waals surface area contributed by atoms with Crippen LogP contribution >= 0.6 is 0 Å². The standard InChI is InChI=1S/C12H11NO2/c1-8-7-14-10-5-3-2-4-9(10)12(8)11(6-13)15-12/h2-5,8,11H,7H2,1H3. The lowest BCUT2D eigenvalue weighted by atomic mass is 9.82. The fourth-order valence-corrected chi connectivity index (χ4v) is 2.38. The van der Waals surface area contributed by atoms with Gasteiger partial charge in [-0.05, 0) is 6.07 Å². The third kappa shape index (κ3) is 0.974. The highest BCUT2D eigenvalue weighted by molar-refractivity contribution is 5.46. The Morgan fingerprint density at radius 1 is 1.47 bits per heavy atom. The minimum absolute atomic E-state index is 0.233. The summed E-state index contributed by atoms with van der Waals surface area (Å²) in [4.78, 5) is 0. The predicted molar refractivity (Wildman–Crippen MR) is 53.3 cm³/mol. The van der Waals surface area contributed by atoms with Gasteiger partial charge in [0.05, 0.1) is 12.7 Å². The van der Waals surface area contributed by atoms with Gasteiger partial charge in [0, 0.05) is 11.5 Å². The summed E-state index contributed by atoms with van der Waals surface area (Å²) in [5.41, 5.74) is 0.624. The number of ether oxygens (including phenoxy) is 2. The van der Waals surface area contributed by atoms with Crippen LogP contribution in [0.4, 0.5) is 0 Å². The van der Waals surface area contributed by atoms with E-state index >= 15 is 0 Å². The molecule has 3 heteroatoms. The molecule has 1 fully saturated rings. The Labute approximate surface area is 88.2 Å². The summed E-state index contributed by atoms with van der Waals surface area (Å²) >= 11 is 0. The van der Waals surface area contributed by atoms with Gasteiger partial charge < -0.3 is 9.47 Å². The van der Waals surface area contributed by atoms with Crippen LogP contribution in [0.3, 0.4) is 0 Å². The Bertz CT molecular complexity index is 451. The van der Waals surface area contributed by atoms with Crippen molar-refractivity contribution in [3.8, 4) is 11.8 Å². The van der Waals surface area contributed by atoms with Crippen molar-refractivity contribution in [2.45, 2.75) is 18.6 Å². The van der Waals surface area contributed by atoms with Gasteiger partial charge in [-0.15, -0.1) is 0 Å². The highest BCUT2D eigenvalue weighted by Crippen LogP contribution is 2.56. The summed E-state index contributed by atoms with van der Waals surface area (Å²) in [7, 11) is 0. The second-order valence-electron chi connectivity index (χ2n) is 4.13. The lowest BCUT2D eigenvalue weighted by Crippen LogP contribution is -2.32. The molecule has 3 atom stereocenters. The zero-order chi connectivity index (χ0) is 10.5. The zero-order valence-corrected chi connectivity index (χ0v) is 8.43. The first-order valence-corrected chi connectivity index (χ1v) is 5.09. The fraction of sp³-hybridized carbons (Fsp3) is 0.417. The number of epoxide rings is 1. The van der Waals surface area contributed by atoms with Gasteiger partial charge in [-0.2, -0.15) is 5.26 Å². The van der Waals surface area contributed by atoms with Crippen molar-refractivity contribution in [2.24, 2.45) is 5.92 Å².